The van der Waals surface area contributed by atoms with E-state index in [0.29, 0.717) is 0 Å². The molecule has 0 spiro atoms. The van der Waals surface area contributed by atoms with Gasteiger partial charge in [0.2, 0.25) is 0 Å². The van der Waals surface area contributed by atoms with Crippen molar-refractivity contribution in [2.45, 2.75) is 29.9 Å². The highest BCUT2D eigenvalue weighted by atomic mass is 32.2. The summed E-state index contributed by atoms with van der Waals surface area (Å²) in [5, 5.41) is 1.35. The molecule has 1 N–H and O–H groups in total. The third kappa shape index (κ3) is 3.62. The highest BCUT2D eigenvalue weighted by molar-refractivity contribution is 8.18. The zero-order chi connectivity index (χ0) is 18.8. The fourth-order valence-electron chi connectivity index (χ4n) is 4.73. The molecule has 0 radical (unpaired) electrons. The predicted molar refractivity (Wildman–Crippen MR) is 124 cm³/mol. The number of likely N-dealkylation sites (tertiary alicyclic amines) is 1. The quantitative estimate of drug-likeness (QED) is 0.562. The number of thioether (sulfide) groups is 2. The topological polar surface area (TPSA) is 19.0 Å². The van der Waals surface area contributed by atoms with Gasteiger partial charge in [-0.3, -0.25) is 4.90 Å². The minimum atomic E-state index is 0.204. The number of nitrogens with zero attached hydrogens (tertiary/aromatic N) is 1. The van der Waals surface area contributed by atoms with E-state index in [9.17, 15) is 0 Å². The summed E-state index contributed by atoms with van der Waals surface area (Å²) in [4.78, 5) is 6.44. The van der Waals surface area contributed by atoms with Crippen LogP contribution in [0, 0.1) is 5.92 Å². The summed E-state index contributed by atoms with van der Waals surface area (Å²) in [6.45, 7) is 3.51. The fraction of sp³-hybridized carbons (Fsp3) is 0.417. The number of hydrogen-bond acceptors (Lipinski definition) is 3. The summed E-state index contributed by atoms with van der Waals surface area (Å²) in [6.07, 6.45) is 3.93. The molecule has 0 atom stereocenters. The minimum absolute atomic E-state index is 0.204. The Kier molecular flexibility index (Phi) is 5.45. The lowest BCUT2D eigenvalue weighted by molar-refractivity contribution is 0.170. The van der Waals surface area contributed by atoms with Crippen LogP contribution in [0.25, 0.3) is 10.9 Å². The van der Waals surface area contributed by atoms with Crippen molar-refractivity contribution in [3.63, 3.8) is 0 Å². The Hall–Kier alpha value is -1.36. The molecule has 0 unspecified atom stereocenters. The van der Waals surface area contributed by atoms with Crippen molar-refractivity contribution in [1.82, 2.24) is 9.88 Å². The number of benzene rings is 2. The molecule has 4 heteroatoms. The first kappa shape index (κ1) is 18.7. The van der Waals surface area contributed by atoms with Gasteiger partial charge < -0.3 is 4.98 Å². The molecule has 146 valence electrons. The van der Waals surface area contributed by atoms with Crippen LogP contribution in [-0.4, -0.2) is 34.5 Å². The number of piperidine rings is 1. The molecule has 2 saturated heterocycles. The predicted octanol–water partition coefficient (Wildman–Crippen LogP) is 6.10. The first-order valence-corrected chi connectivity index (χ1v) is 12.4. The van der Waals surface area contributed by atoms with Crippen LogP contribution in [0.2, 0.25) is 0 Å². The molecule has 3 aromatic rings. The van der Waals surface area contributed by atoms with Gasteiger partial charge in [-0.25, -0.2) is 0 Å². The van der Waals surface area contributed by atoms with Gasteiger partial charge in [0.15, 0.2) is 0 Å². The van der Waals surface area contributed by atoms with Crippen molar-refractivity contribution in [2.75, 3.05) is 24.6 Å². The molecule has 2 aliphatic heterocycles. The summed E-state index contributed by atoms with van der Waals surface area (Å²) in [5.41, 5.74) is 4.17. The van der Waals surface area contributed by atoms with Crippen LogP contribution in [0.3, 0.4) is 0 Å². The van der Waals surface area contributed by atoms with E-state index in [4.69, 9.17) is 0 Å². The van der Waals surface area contributed by atoms with Crippen LogP contribution in [0.1, 0.15) is 30.5 Å². The van der Waals surface area contributed by atoms with Crippen LogP contribution >= 0.6 is 23.5 Å². The van der Waals surface area contributed by atoms with E-state index < -0.39 is 0 Å². The van der Waals surface area contributed by atoms with Crippen LogP contribution in [0.5, 0.6) is 0 Å². The van der Waals surface area contributed by atoms with Gasteiger partial charge >= 0.3 is 0 Å². The summed E-state index contributed by atoms with van der Waals surface area (Å²) < 4.78 is 0.204. The van der Waals surface area contributed by atoms with Gasteiger partial charge in [0.25, 0.3) is 0 Å². The summed E-state index contributed by atoms with van der Waals surface area (Å²) in [6, 6.07) is 22.1. The molecule has 1 aromatic heterocycles. The third-order valence-electron chi connectivity index (χ3n) is 6.20. The molecule has 0 amide bonds. The van der Waals surface area contributed by atoms with Gasteiger partial charge in [-0.15, -0.1) is 23.5 Å². The number of hydrogen-bond donors (Lipinski definition) is 1. The van der Waals surface area contributed by atoms with Crippen LogP contribution in [0.4, 0.5) is 0 Å². The molecule has 28 heavy (non-hydrogen) atoms. The normalized spacial score (nSPS) is 21.1. The number of aromatic amines is 1. The van der Waals surface area contributed by atoms with Crippen molar-refractivity contribution < 1.29 is 0 Å². The molecule has 2 nitrogen and oxygen atoms in total. The molecule has 0 bridgehead atoms. The summed E-state index contributed by atoms with van der Waals surface area (Å²) >= 11 is 4.41. The smallest absolute Gasteiger partial charge is 0.104 e. The maximum Gasteiger partial charge on any atom is 0.104 e. The molecule has 2 aromatic carbocycles. The molecule has 0 saturated carbocycles. The molecule has 5 rings (SSSR count). The zero-order valence-corrected chi connectivity index (χ0v) is 17.9. The first-order chi connectivity index (χ1) is 13.8. The van der Waals surface area contributed by atoms with Crippen LogP contribution in [0.15, 0.2) is 60.7 Å². The van der Waals surface area contributed by atoms with Gasteiger partial charge in [0.1, 0.15) is 4.08 Å². The van der Waals surface area contributed by atoms with Gasteiger partial charge in [-0.2, -0.15) is 0 Å². The number of para-hydroxylation sites is 1. The number of nitrogens with one attached hydrogen (secondary N) is 1. The largest absolute Gasteiger partial charge is 0.357 e. The van der Waals surface area contributed by atoms with Crippen LogP contribution in [-0.2, 0) is 10.6 Å². The zero-order valence-electron chi connectivity index (χ0n) is 16.3. The fourth-order valence-corrected chi connectivity index (χ4v) is 8.41. The molecule has 3 heterocycles. The van der Waals surface area contributed by atoms with E-state index in [1.807, 2.05) is 0 Å². The second-order valence-electron chi connectivity index (χ2n) is 8.02. The Balaban J connectivity index is 1.36. The Morgan fingerprint density at radius 3 is 2.39 bits per heavy atom. The molecule has 2 aliphatic rings. The monoisotopic (exact) mass is 408 g/mol. The summed E-state index contributed by atoms with van der Waals surface area (Å²) in [7, 11) is 0. The Bertz CT molecular complexity index is 874. The Morgan fingerprint density at radius 1 is 0.929 bits per heavy atom. The number of aromatic nitrogens is 1. The maximum atomic E-state index is 3.80. The lowest BCUT2D eigenvalue weighted by Crippen LogP contribution is -2.41. The van der Waals surface area contributed by atoms with Crippen LogP contribution < -0.4 is 0 Å². The highest BCUT2D eigenvalue weighted by Gasteiger charge is 2.45. The molecule has 0 aliphatic carbocycles. The second-order valence-corrected chi connectivity index (χ2v) is 11.0. The average Bonchev–Trinajstić information content (AvgIpc) is 3.20. The summed E-state index contributed by atoms with van der Waals surface area (Å²) in [5.74, 6) is 3.31. The van der Waals surface area contributed by atoms with Crippen molar-refractivity contribution >= 4 is 34.4 Å². The van der Waals surface area contributed by atoms with Crippen molar-refractivity contribution in [3.05, 3.63) is 71.9 Å². The van der Waals surface area contributed by atoms with Gasteiger partial charge in [-0.1, -0.05) is 48.5 Å². The molecule has 2 fully saturated rings. The highest BCUT2D eigenvalue weighted by Crippen LogP contribution is 2.57. The van der Waals surface area contributed by atoms with Crippen molar-refractivity contribution in [1.29, 1.82) is 0 Å². The SMILES string of the molecule is c1ccc(CN2CCC(C3(c4cc5ccccc5[nH]4)SCCCS3)CC2)cc1. The maximum absolute atomic E-state index is 3.80. The average molecular weight is 409 g/mol. The first-order valence-electron chi connectivity index (χ1n) is 10.5. The molecular formula is C24H28N2S2. The van der Waals surface area contributed by atoms with E-state index in [0.717, 1.165) is 12.5 Å². The van der Waals surface area contributed by atoms with E-state index in [-0.39, 0.29) is 4.08 Å². The van der Waals surface area contributed by atoms with Gasteiger partial charge in [0, 0.05) is 17.8 Å². The van der Waals surface area contributed by atoms with Crippen molar-refractivity contribution in [2.24, 2.45) is 5.92 Å². The van der Waals surface area contributed by atoms with E-state index in [1.54, 1.807) is 0 Å². The number of H-pyrrole nitrogens is 1. The Morgan fingerprint density at radius 2 is 1.64 bits per heavy atom. The van der Waals surface area contributed by atoms with Gasteiger partial charge in [0.05, 0.1) is 0 Å². The van der Waals surface area contributed by atoms with E-state index >= 15 is 0 Å². The third-order valence-corrected chi connectivity index (χ3v) is 9.86. The standard InChI is InChI=1S/C24H28N2S2/c1-2-7-19(8-3-1)18-26-13-11-21(12-14-26)24(27-15-6-16-28-24)23-17-20-9-4-5-10-22(20)25-23/h1-5,7-10,17,21,25H,6,11-16,18H2. The molecular weight excluding hydrogens is 380 g/mol. The number of fused-ring (bicyclic) bond motifs is 1. The second kappa shape index (κ2) is 8.17. The van der Waals surface area contributed by atoms with Crippen molar-refractivity contribution in [3.8, 4) is 0 Å². The lowest BCUT2D eigenvalue weighted by atomic mass is 9.90. The van der Waals surface area contributed by atoms with E-state index in [2.05, 4.69) is 94.1 Å². The van der Waals surface area contributed by atoms with E-state index in [1.165, 1.54) is 66.0 Å². The minimum Gasteiger partial charge on any atom is -0.357 e. The Labute approximate surface area is 176 Å². The lowest BCUT2D eigenvalue weighted by Gasteiger charge is -2.45. The number of rotatable bonds is 4. The van der Waals surface area contributed by atoms with Gasteiger partial charge in [-0.05, 0) is 72.9 Å².